The highest BCUT2D eigenvalue weighted by Crippen LogP contribution is 2.24. The van der Waals surface area contributed by atoms with Crippen LogP contribution in [0, 0.1) is 5.82 Å². The van der Waals surface area contributed by atoms with Crippen LogP contribution >= 0.6 is 27.5 Å². The number of amides is 1. The quantitative estimate of drug-likeness (QED) is 0.814. The maximum absolute atomic E-state index is 13.8. The molecule has 1 N–H and O–H groups in total. The molecule has 1 amide bonds. The first-order valence-corrected chi connectivity index (χ1v) is 7.94. The minimum atomic E-state index is -0.384. The van der Waals surface area contributed by atoms with Gasteiger partial charge < -0.3 is 9.88 Å². The molecule has 0 aliphatic carbocycles. The number of rotatable bonds is 5. The first kappa shape index (κ1) is 16.2. The molecule has 0 unspecified atom stereocenters. The lowest BCUT2D eigenvalue weighted by Gasteiger charge is -2.11. The van der Waals surface area contributed by atoms with Gasteiger partial charge >= 0.3 is 0 Å². The van der Waals surface area contributed by atoms with Crippen LogP contribution in [0.5, 0.6) is 0 Å². The number of hydrogen-bond donors (Lipinski definition) is 1. The van der Waals surface area contributed by atoms with E-state index in [0.29, 0.717) is 33.6 Å². The largest absolute Gasteiger partial charge is 0.352 e. The van der Waals surface area contributed by atoms with Crippen LogP contribution in [0.15, 0.2) is 16.6 Å². The second-order valence-electron chi connectivity index (χ2n) is 5.03. The molecule has 2 rings (SSSR count). The molecule has 0 atom stereocenters. The SMILES string of the molecule is CC(C)NC(=O)Cn1c(CCCl)nc2cc(Br)c(F)cc21. The molecular weight excluding hydrogens is 361 g/mol. The van der Waals surface area contributed by atoms with Crippen LogP contribution in [0.3, 0.4) is 0 Å². The molecule has 114 valence electrons. The molecule has 0 aliphatic rings. The minimum absolute atomic E-state index is 0.0506. The number of fused-ring (bicyclic) bond motifs is 1. The van der Waals surface area contributed by atoms with E-state index in [4.69, 9.17) is 11.6 Å². The molecule has 0 radical (unpaired) electrons. The number of hydrogen-bond acceptors (Lipinski definition) is 2. The minimum Gasteiger partial charge on any atom is -0.352 e. The molecule has 4 nitrogen and oxygen atoms in total. The summed E-state index contributed by atoms with van der Waals surface area (Å²) in [4.78, 5) is 16.4. The average molecular weight is 377 g/mol. The van der Waals surface area contributed by atoms with Crippen LogP contribution in [0.25, 0.3) is 11.0 Å². The van der Waals surface area contributed by atoms with Gasteiger partial charge in [-0.25, -0.2) is 9.37 Å². The molecule has 0 bridgehead atoms. The molecule has 1 aromatic carbocycles. The van der Waals surface area contributed by atoms with Crippen molar-refractivity contribution in [3.63, 3.8) is 0 Å². The molecule has 0 saturated heterocycles. The van der Waals surface area contributed by atoms with E-state index < -0.39 is 0 Å². The van der Waals surface area contributed by atoms with E-state index in [1.165, 1.54) is 6.07 Å². The molecule has 21 heavy (non-hydrogen) atoms. The smallest absolute Gasteiger partial charge is 0.240 e. The van der Waals surface area contributed by atoms with E-state index in [2.05, 4.69) is 26.2 Å². The third kappa shape index (κ3) is 3.74. The molecular formula is C14H16BrClFN3O. The maximum Gasteiger partial charge on any atom is 0.240 e. The lowest BCUT2D eigenvalue weighted by Crippen LogP contribution is -2.33. The molecule has 0 aliphatic heterocycles. The van der Waals surface area contributed by atoms with Crippen molar-refractivity contribution in [1.29, 1.82) is 0 Å². The number of alkyl halides is 1. The third-order valence-corrected chi connectivity index (χ3v) is 3.74. The Morgan fingerprint density at radius 3 is 2.86 bits per heavy atom. The van der Waals surface area contributed by atoms with Gasteiger partial charge in [-0.3, -0.25) is 4.79 Å². The van der Waals surface area contributed by atoms with Crippen molar-refractivity contribution in [3.8, 4) is 0 Å². The van der Waals surface area contributed by atoms with Crippen LogP contribution in [-0.2, 0) is 17.8 Å². The first-order chi connectivity index (χ1) is 9.92. The highest BCUT2D eigenvalue weighted by Gasteiger charge is 2.16. The number of halogens is 3. The summed E-state index contributed by atoms with van der Waals surface area (Å²) in [5.74, 6) is 0.545. The number of benzene rings is 1. The normalized spacial score (nSPS) is 11.3. The molecule has 1 heterocycles. The summed E-state index contributed by atoms with van der Waals surface area (Å²) < 4.78 is 15.8. The number of aryl methyl sites for hydroxylation is 1. The second kappa shape index (κ2) is 6.75. The molecule has 0 fully saturated rings. The van der Waals surface area contributed by atoms with Crippen LogP contribution in [0.2, 0.25) is 0 Å². The Morgan fingerprint density at radius 1 is 1.52 bits per heavy atom. The Kier molecular flexibility index (Phi) is 5.22. The van der Waals surface area contributed by atoms with Crippen molar-refractivity contribution in [2.45, 2.75) is 32.9 Å². The predicted molar refractivity (Wildman–Crippen MR) is 85.1 cm³/mol. The standard InChI is InChI=1S/C14H16BrClFN3O/c1-8(2)18-14(21)7-20-12-6-10(17)9(15)5-11(12)19-13(20)3-4-16/h5-6,8H,3-4,7H2,1-2H3,(H,18,21). The Morgan fingerprint density at radius 2 is 2.24 bits per heavy atom. The fraction of sp³-hybridized carbons (Fsp3) is 0.429. The summed E-state index contributed by atoms with van der Waals surface area (Å²) in [5.41, 5.74) is 1.23. The highest BCUT2D eigenvalue weighted by molar-refractivity contribution is 9.10. The highest BCUT2D eigenvalue weighted by atomic mass is 79.9. The van der Waals surface area contributed by atoms with Gasteiger partial charge in [-0.15, -0.1) is 11.6 Å². The summed E-state index contributed by atoms with van der Waals surface area (Å²) in [5, 5.41) is 2.82. The van der Waals surface area contributed by atoms with Crippen LogP contribution in [-0.4, -0.2) is 27.4 Å². The summed E-state index contributed by atoms with van der Waals surface area (Å²) in [6.45, 7) is 3.88. The molecule has 2 aromatic rings. The van der Waals surface area contributed by atoms with E-state index in [1.54, 1.807) is 10.6 Å². The van der Waals surface area contributed by atoms with Gasteiger partial charge in [-0.1, -0.05) is 0 Å². The van der Waals surface area contributed by atoms with Crippen molar-refractivity contribution < 1.29 is 9.18 Å². The number of carbonyl (C=O) groups is 1. The van der Waals surface area contributed by atoms with Crippen LogP contribution in [0.4, 0.5) is 4.39 Å². The summed E-state index contributed by atoms with van der Waals surface area (Å²) in [7, 11) is 0. The number of nitrogens with one attached hydrogen (secondary N) is 1. The zero-order valence-corrected chi connectivity index (χ0v) is 14.1. The van der Waals surface area contributed by atoms with Gasteiger partial charge in [0.05, 0.1) is 15.5 Å². The van der Waals surface area contributed by atoms with Gasteiger partial charge in [0.15, 0.2) is 0 Å². The average Bonchev–Trinajstić information content (AvgIpc) is 2.68. The topological polar surface area (TPSA) is 46.9 Å². The molecule has 7 heteroatoms. The van der Waals surface area contributed by atoms with E-state index >= 15 is 0 Å². The van der Waals surface area contributed by atoms with Crippen molar-refractivity contribution in [2.24, 2.45) is 0 Å². The van der Waals surface area contributed by atoms with Gasteiger partial charge in [-0.2, -0.15) is 0 Å². The van der Waals surface area contributed by atoms with Crippen molar-refractivity contribution in [2.75, 3.05) is 5.88 Å². The Balaban J connectivity index is 2.45. The molecule has 1 aromatic heterocycles. The maximum atomic E-state index is 13.8. The monoisotopic (exact) mass is 375 g/mol. The Hall–Kier alpha value is -1.14. The van der Waals surface area contributed by atoms with Gasteiger partial charge in [0.25, 0.3) is 0 Å². The van der Waals surface area contributed by atoms with E-state index in [9.17, 15) is 9.18 Å². The fourth-order valence-electron chi connectivity index (χ4n) is 2.13. The van der Waals surface area contributed by atoms with Gasteiger partial charge in [0.1, 0.15) is 18.2 Å². The van der Waals surface area contributed by atoms with Crippen molar-refractivity contribution in [1.82, 2.24) is 14.9 Å². The molecule has 0 spiro atoms. The zero-order chi connectivity index (χ0) is 15.6. The molecule has 0 saturated carbocycles. The van der Waals surface area contributed by atoms with E-state index in [-0.39, 0.29) is 24.3 Å². The van der Waals surface area contributed by atoms with E-state index in [0.717, 1.165) is 0 Å². The summed E-state index contributed by atoms with van der Waals surface area (Å²) in [6, 6.07) is 3.04. The summed E-state index contributed by atoms with van der Waals surface area (Å²) >= 11 is 8.92. The van der Waals surface area contributed by atoms with Crippen molar-refractivity contribution in [3.05, 3.63) is 28.2 Å². The first-order valence-electron chi connectivity index (χ1n) is 6.62. The lowest BCUT2D eigenvalue weighted by molar-refractivity contribution is -0.122. The Bertz CT molecular complexity index is 672. The van der Waals surface area contributed by atoms with Crippen LogP contribution in [0.1, 0.15) is 19.7 Å². The number of nitrogens with zero attached hydrogens (tertiary/aromatic N) is 2. The zero-order valence-electron chi connectivity index (χ0n) is 11.8. The number of carbonyl (C=O) groups excluding carboxylic acids is 1. The van der Waals surface area contributed by atoms with Gasteiger partial charge in [-0.05, 0) is 35.8 Å². The number of imidazole rings is 1. The van der Waals surface area contributed by atoms with E-state index in [1.807, 2.05) is 13.8 Å². The number of aromatic nitrogens is 2. The summed E-state index contributed by atoms with van der Waals surface area (Å²) in [6.07, 6.45) is 0.518. The fourth-order valence-corrected chi connectivity index (χ4v) is 2.63. The van der Waals surface area contributed by atoms with Gasteiger partial charge in [0, 0.05) is 24.4 Å². The predicted octanol–water partition coefficient (Wildman–Crippen LogP) is 3.24. The van der Waals surface area contributed by atoms with Crippen LogP contribution < -0.4 is 5.32 Å². The lowest BCUT2D eigenvalue weighted by atomic mass is 10.3. The second-order valence-corrected chi connectivity index (χ2v) is 6.26. The Labute approximate surface area is 135 Å². The third-order valence-electron chi connectivity index (χ3n) is 2.94. The van der Waals surface area contributed by atoms with Gasteiger partial charge in [0.2, 0.25) is 5.91 Å². The van der Waals surface area contributed by atoms with Crippen molar-refractivity contribution >= 4 is 44.5 Å².